The monoisotopic (exact) mass is 454 g/mol. The lowest BCUT2D eigenvalue weighted by Crippen LogP contribution is -2.24. The molecule has 0 saturated carbocycles. The van der Waals surface area contributed by atoms with Crippen molar-refractivity contribution in [3.8, 4) is 11.4 Å². The van der Waals surface area contributed by atoms with Crippen LogP contribution in [0.5, 0.6) is 5.75 Å². The summed E-state index contributed by atoms with van der Waals surface area (Å²) in [5, 5.41) is 12.5. The molecule has 31 heavy (non-hydrogen) atoms. The minimum Gasteiger partial charge on any atom is -0.484 e. The second kappa shape index (κ2) is 10.2. The lowest BCUT2D eigenvalue weighted by atomic mass is 10.3. The molecule has 0 aliphatic heterocycles. The van der Waals surface area contributed by atoms with Gasteiger partial charge in [0, 0.05) is 5.69 Å². The zero-order valence-corrected chi connectivity index (χ0v) is 18.0. The molecule has 1 amide bonds. The van der Waals surface area contributed by atoms with Gasteiger partial charge in [0.25, 0.3) is 0 Å². The summed E-state index contributed by atoms with van der Waals surface area (Å²) in [6.45, 7) is 0.519. The molecule has 2 aromatic heterocycles. The fraction of sp³-hybridized carbons (Fsp3) is 0.136. The Labute approximate surface area is 188 Å². The lowest BCUT2D eigenvalue weighted by molar-refractivity contribution is -0.118. The first-order valence-electron chi connectivity index (χ1n) is 9.49. The van der Waals surface area contributed by atoms with Gasteiger partial charge < -0.3 is 14.5 Å². The number of amides is 1. The summed E-state index contributed by atoms with van der Waals surface area (Å²) in [5.41, 5.74) is 0.878. The third-order valence-electron chi connectivity index (χ3n) is 4.28. The summed E-state index contributed by atoms with van der Waals surface area (Å²) in [6, 6.07) is 20.5. The highest BCUT2D eigenvalue weighted by molar-refractivity contribution is 7.99. The molecule has 4 rings (SSSR count). The maximum Gasteiger partial charge on any atom is 0.230 e. The Kier molecular flexibility index (Phi) is 6.91. The number of hydrogen-bond donors (Lipinski definition) is 1. The zero-order chi connectivity index (χ0) is 21.5. The number of benzene rings is 2. The smallest absolute Gasteiger partial charge is 0.230 e. The quantitative estimate of drug-likeness (QED) is 0.375. The lowest BCUT2D eigenvalue weighted by Gasteiger charge is -2.11. The minimum absolute atomic E-state index is 0.127. The van der Waals surface area contributed by atoms with E-state index in [2.05, 4.69) is 15.5 Å². The molecular formula is C22H19ClN4O3S. The molecule has 158 valence electrons. The highest BCUT2D eigenvalue weighted by Gasteiger charge is 2.17. The van der Waals surface area contributed by atoms with E-state index in [9.17, 15) is 4.79 Å². The molecule has 0 spiro atoms. The first-order chi connectivity index (χ1) is 15.2. The van der Waals surface area contributed by atoms with Crippen LogP contribution < -0.4 is 10.1 Å². The van der Waals surface area contributed by atoms with E-state index in [-0.39, 0.29) is 18.3 Å². The van der Waals surface area contributed by atoms with Gasteiger partial charge in [0.15, 0.2) is 11.0 Å². The van der Waals surface area contributed by atoms with Gasteiger partial charge >= 0.3 is 0 Å². The van der Waals surface area contributed by atoms with Crippen LogP contribution in [0.3, 0.4) is 0 Å². The van der Waals surface area contributed by atoms with Crippen molar-refractivity contribution in [2.45, 2.75) is 18.3 Å². The third kappa shape index (κ3) is 5.48. The number of hydrogen-bond acceptors (Lipinski definition) is 6. The van der Waals surface area contributed by atoms with Crippen molar-refractivity contribution >= 4 is 29.3 Å². The average molecular weight is 455 g/mol. The molecule has 0 aliphatic rings. The number of carbonyl (C=O) groups is 1. The summed E-state index contributed by atoms with van der Waals surface area (Å²) in [7, 11) is 0. The highest BCUT2D eigenvalue weighted by Crippen LogP contribution is 2.26. The average Bonchev–Trinajstić information content (AvgIpc) is 3.46. The molecule has 7 nitrogen and oxygen atoms in total. The number of halogens is 1. The maximum absolute atomic E-state index is 12.2. The molecule has 4 aromatic rings. The molecule has 0 aliphatic carbocycles. The molecule has 9 heteroatoms. The Morgan fingerprint density at radius 1 is 1.06 bits per heavy atom. The van der Waals surface area contributed by atoms with Gasteiger partial charge in [-0.15, -0.1) is 10.2 Å². The van der Waals surface area contributed by atoms with Gasteiger partial charge in [0.05, 0.1) is 23.6 Å². The van der Waals surface area contributed by atoms with Gasteiger partial charge in [0.1, 0.15) is 18.1 Å². The number of carbonyl (C=O) groups excluding carboxylic acids is 1. The fourth-order valence-corrected chi connectivity index (χ4v) is 3.80. The Bertz CT molecular complexity index is 1130. The van der Waals surface area contributed by atoms with E-state index in [0.717, 1.165) is 5.69 Å². The first kappa shape index (κ1) is 21.0. The van der Waals surface area contributed by atoms with Crippen molar-refractivity contribution in [2.24, 2.45) is 0 Å². The molecule has 0 unspecified atom stereocenters. The zero-order valence-electron chi connectivity index (χ0n) is 16.4. The largest absolute Gasteiger partial charge is 0.484 e. The van der Waals surface area contributed by atoms with Crippen molar-refractivity contribution in [3.63, 3.8) is 0 Å². The van der Waals surface area contributed by atoms with E-state index in [4.69, 9.17) is 20.8 Å². The molecule has 0 saturated heterocycles. The number of thioether (sulfide) groups is 1. The summed E-state index contributed by atoms with van der Waals surface area (Å²) in [4.78, 5) is 12.2. The number of nitrogens with one attached hydrogen (secondary N) is 1. The number of rotatable bonds is 9. The van der Waals surface area contributed by atoms with E-state index in [1.807, 2.05) is 53.1 Å². The maximum atomic E-state index is 12.2. The Morgan fingerprint density at radius 2 is 1.87 bits per heavy atom. The summed E-state index contributed by atoms with van der Waals surface area (Å²) in [5.74, 6) is 1.93. The van der Waals surface area contributed by atoms with Crippen molar-refractivity contribution < 1.29 is 13.9 Å². The number of nitrogens with zero attached hydrogens (tertiary/aromatic N) is 3. The van der Waals surface area contributed by atoms with Crippen LogP contribution >= 0.6 is 23.4 Å². The number of furan rings is 1. The Hall–Kier alpha value is -3.23. The van der Waals surface area contributed by atoms with Crippen molar-refractivity contribution in [2.75, 3.05) is 5.75 Å². The first-order valence-corrected chi connectivity index (χ1v) is 10.9. The van der Waals surface area contributed by atoms with Gasteiger partial charge in [-0.3, -0.25) is 9.36 Å². The van der Waals surface area contributed by atoms with Crippen molar-refractivity contribution in [1.82, 2.24) is 20.1 Å². The second-order valence-electron chi connectivity index (χ2n) is 6.43. The van der Waals surface area contributed by atoms with Crippen LogP contribution in [0.4, 0.5) is 0 Å². The van der Waals surface area contributed by atoms with Crippen molar-refractivity contribution in [1.29, 1.82) is 0 Å². The highest BCUT2D eigenvalue weighted by atomic mass is 35.5. The van der Waals surface area contributed by atoms with Crippen molar-refractivity contribution in [3.05, 3.63) is 89.6 Å². The van der Waals surface area contributed by atoms with Crippen LogP contribution in [0.25, 0.3) is 5.69 Å². The fourth-order valence-electron chi connectivity index (χ4n) is 2.81. The van der Waals surface area contributed by atoms with E-state index in [1.54, 1.807) is 24.5 Å². The molecule has 2 heterocycles. The van der Waals surface area contributed by atoms with E-state index in [0.29, 0.717) is 34.1 Å². The molecule has 1 N–H and O–H groups in total. The summed E-state index contributed by atoms with van der Waals surface area (Å²) in [6.07, 6.45) is 1.57. The predicted octanol–water partition coefficient (Wildman–Crippen LogP) is 4.50. The summed E-state index contributed by atoms with van der Waals surface area (Å²) < 4.78 is 13.0. The van der Waals surface area contributed by atoms with E-state index >= 15 is 0 Å². The van der Waals surface area contributed by atoms with Crippen LogP contribution in [-0.4, -0.2) is 26.4 Å². The van der Waals surface area contributed by atoms with E-state index in [1.165, 1.54) is 11.8 Å². The molecular weight excluding hydrogens is 436 g/mol. The summed E-state index contributed by atoms with van der Waals surface area (Å²) >= 11 is 7.48. The van der Waals surface area contributed by atoms with Gasteiger partial charge in [-0.1, -0.05) is 53.7 Å². The molecule has 0 bridgehead atoms. The standard InChI is InChI=1S/C22H19ClN4O3S/c23-18-10-4-5-11-19(18)30-14-20-25-26-22(27(20)16-7-2-1-3-8-16)31-15-21(28)24-13-17-9-6-12-29-17/h1-12H,13-15H2,(H,24,28). The number of aromatic nitrogens is 3. The minimum atomic E-state index is -0.127. The number of ether oxygens (including phenoxy) is 1. The topological polar surface area (TPSA) is 82.2 Å². The van der Waals surface area contributed by atoms with E-state index < -0.39 is 0 Å². The number of para-hydroxylation sites is 2. The Morgan fingerprint density at radius 3 is 2.65 bits per heavy atom. The SMILES string of the molecule is O=C(CSc1nnc(COc2ccccc2Cl)n1-c1ccccc1)NCc1ccco1. The van der Waals surface area contributed by atoms with Gasteiger partial charge in [-0.2, -0.15) is 0 Å². The molecule has 0 atom stereocenters. The Balaban J connectivity index is 1.47. The van der Waals surface area contributed by atoms with Crippen LogP contribution in [0, 0.1) is 0 Å². The molecule has 2 aromatic carbocycles. The van der Waals surface area contributed by atoms with Crippen LogP contribution in [0.15, 0.2) is 82.6 Å². The molecule has 0 radical (unpaired) electrons. The van der Waals surface area contributed by atoms with Crippen LogP contribution in [0.2, 0.25) is 5.02 Å². The van der Waals surface area contributed by atoms with Gasteiger partial charge in [-0.25, -0.2) is 0 Å². The van der Waals surface area contributed by atoms with Gasteiger partial charge in [0.2, 0.25) is 5.91 Å². The molecule has 0 fully saturated rings. The van der Waals surface area contributed by atoms with Crippen LogP contribution in [-0.2, 0) is 17.9 Å². The predicted molar refractivity (Wildman–Crippen MR) is 118 cm³/mol. The van der Waals surface area contributed by atoms with Gasteiger partial charge in [-0.05, 0) is 36.4 Å². The van der Waals surface area contributed by atoms with Crippen LogP contribution in [0.1, 0.15) is 11.6 Å². The second-order valence-corrected chi connectivity index (χ2v) is 7.78. The third-order valence-corrected chi connectivity index (χ3v) is 5.52. The normalized spacial score (nSPS) is 10.7.